The van der Waals surface area contributed by atoms with Gasteiger partial charge in [0.2, 0.25) is 11.7 Å². The molecular formula is C20H19N7O2. The highest BCUT2D eigenvalue weighted by Crippen LogP contribution is 2.34. The number of hydrogen-bond acceptors (Lipinski definition) is 7. The lowest BCUT2D eigenvalue weighted by atomic mass is 10.1. The van der Waals surface area contributed by atoms with E-state index in [9.17, 15) is 4.79 Å². The van der Waals surface area contributed by atoms with Crippen LogP contribution in [-0.4, -0.2) is 47.0 Å². The molecule has 29 heavy (non-hydrogen) atoms. The zero-order valence-corrected chi connectivity index (χ0v) is 16.1. The largest absolute Gasteiger partial charge is 0.337 e. The number of aromatic nitrogens is 6. The second-order valence-corrected chi connectivity index (χ2v) is 7.10. The first-order chi connectivity index (χ1) is 14.1. The highest BCUT2D eigenvalue weighted by atomic mass is 16.5. The van der Waals surface area contributed by atoms with Crippen molar-refractivity contribution in [3.05, 3.63) is 54.1 Å². The maximum absolute atomic E-state index is 13.4. The van der Waals surface area contributed by atoms with Crippen LogP contribution in [0.4, 0.5) is 0 Å². The molecule has 0 bridgehead atoms. The van der Waals surface area contributed by atoms with Crippen molar-refractivity contribution in [2.24, 2.45) is 7.05 Å². The molecule has 0 spiro atoms. The van der Waals surface area contributed by atoms with Gasteiger partial charge in [0.15, 0.2) is 5.65 Å². The number of carbonyl (C=O) groups excluding carboxylic acids is 1. The number of hydrogen-bond donors (Lipinski definition) is 0. The second-order valence-electron chi connectivity index (χ2n) is 7.10. The smallest absolute Gasteiger partial charge is 0.256 e. The highest BCUT2D eigenvalue weighted by Gasteiger charge is 2.35. The van der Waals surface area contributed by atoms with Gasteiger partial charge >= 0.3 is 0 Å². The molecule has 0 aliphatic carbocycles. The Morgan fingerprint density at radius 3 is 2.83 bits per heavy atom. The van der Waals surface area contributed by atoms with Crippen LogP contribution in [-0.2, 0) is 7.05 Å². The van der Waals surface area contributed by atoms with Crippen molar-refractivity contribution in [2.75, 3.05) is 6.54 Å². The summed E-state index contributed by atoms with van der Waals surface area (Å²) in [5.74, 6) is 1.66. The van der Waals surface area contributed by atoms with Crippen molar-refractivity contribution < 1.29 is 9.32 Å². The predicted molar refractivity (Wildman–Crippen MR) is 104 cm³/mol. The Labute approximate surface area is 166 Å². The van der Waals surface area contributed by atoms with Gasteiger partial charge in [0.25, 0.3) is 5.91 Å². The van der Waals surface area contributed by atoms with E-state index >= 15 is 0 Å². The maximum Gasteiger partial charge on any atom is 0.256 e. The molecule has 4 aromatic heterocycles. The quantitative estimate of drug-likeness (QED) is 0.531. The standard InChI is InChI=1S/C20H19N7O2/c1-12-23-16-14(7-10-22-18(16)26(12)2)20(28)27-11-3-4-15(27)19-24-17(25-29-19)13-5-8-21-9-6-13/h5-10,15H,3-4,11H2,1-2H3/t15-/m0/s1. The number of imidazole rings is 1. The van der Waals surface area contributed by atoms with Crippen LogP contribution >= 0.6 is 0 Å². The molecule has 5 rings (SSSR count). The molecule has 1 amide bonds. The van der Waals surface area contributed by atoms with Gasteiger partial charge in [-0.05, 0) is 38.0 Å². The minimum atomic E-state index is -0.251. The Bertz CT molecular complexity index is 1200. The van der Waals surface area contributed by atoms with E-state index in [0.717, 1.165) is 24.2 Å². The van der Waals surface area contributed by atoms with E-state index in [1.807, 2.05) is 30.7 Å². The molecule has 0 aromatic carbocycles. The van der Waals surface area contributed by atoms with E-state index < -0.39 is 0 Å². The average Bonchev–Trinajstić information content (AvgIpc) is 3.48. The van der Waals surface area contributed by atoms with Crippen molar-refractivity contribution >= 4 is 17.1 Å². The maximum atomic E-state index is 13.4. The van der Waals surface area contributed by atoms with Gasteiger partial charge in [-0.2, -0.15) is 4.98 Å². The van der Waals surface area contributed by atoms with Crippen molar-refractivity contribution in [1.29, 1.82) is 0 Å². The Morgan fingerprint density at radius 1 is 1.17 bits per heavy atom. The number of amides is 1. The highest BCUT2D eigenvalue weighted by molar-refractivity contribution is 6.04. The molecule has 9 nitrogen and oxygen atoms in total. The number of likely N-dealkylation sites (tertiary alicyclic amines) is 1. The summed E-state index contributed by atoms with van der Waals surface area (Å²) in [5, 5.41) is 4.08. The van der Waals surface area contributed by atoms with Gasteiger partial charge in [-0.25, -0.2) is 9.97 Å². The monoisotopic (exact) mass is 389 g/mol. The normalized spacial score (nSPS) is 16.6. The lowest BCUT2D eigenvalue weighted by Gasteiger charge is -2.22. The van der Waals surface area contributed by atoms with Gasteiger partial charge in [-0.1, -0.05) is 5.16 Å². The van der Waals surface area contributed by atoms with E-state index in [1.165, 1.54) is 0 Å². The van der Waals surface area contributed by atoms with Crippen LogP contribution in [0.3, 0.4) is 0 Å². The van der Waals surface area contributed by atoms with Crippen LogP contribution in [0.25, 0.3) is 22.6 Å². The van der Waals surface area contributed by atoms with Crippen molar-refractivity contribution in [3.63, 3.8) is 0 Å². The van der Waals surface area contributed by atoms with Crippen LogP contribution < -0.4 is 0 Å². The zero-order valence-electron chi connectivity index (χ0n) is 16.1. The van der Waals surface area contributed by atoms with Crippen LogP contribution in [0.5, 0.6) is 0 Å². The number of aryl methyl sites for hydroxylation is 2. The Balaban J connectivity index is 1.48. The molecule has 0 unspecified atom stereocenters. The van der Waals surface area contributed by atoms with E-state index in [0.29, 0.717) is 35.0 Å². The first kappa shape index (κ1) is 17.5. The number of fused-ring (bicyclic) bond motifs is 1. The van der Waals surface area contributed by atoms with Crippen LogP contribution in [0.1, 0.15) is 41.0 Å². The third kappa shape index (κ3) is 2.86. The molecule has 5 heterocycles. The van der Waals surface area contributed by atoms with E-state index in [-0.39, 0.29) is 11.9 Å². The Kier molecular flexibility index (Phi) is 4.08. The number of carbonyl (C=O) groups is 1. The summed E-state index contributed by atoms with van der Waals surface area (Å²) < 4.78 is 7.40. The summed E-state index contributed by atoms with van der Waals surface area (Å²) in [6, 6.07) is 5.12. The fraction of sp³-hybridized carbons (Fsp3) is 0.300. The molecule has 0 saturated carbocycles. The minimum Gasteiger partial charge on any atom is -0.337 e. The third-order valence-electron chi connectivity index (χ3n) is 5.39. The van der Waals surface area contributed by atoms with Gasteiger partial charge in [-0.15, -0.1) is 0 Å². The molecule has 0 radical (unpaired) electrons. The van der Waals surface area contributed by atoms with Crippen LogP contribution in [0.15, 0.2) is 41.3 Å². The average molecular weight is 389 g/mol. The van der Waals surface area contributed by atoms with Crippen LogP contribution in [0, 0.1) is 6.92 Å². The Morgan fingerprint density at radius 2 is 2.00 bits per heavy atom. The Hall–Kier alpha value is -3.62. The first-order valence-corrected chi connectivity index (χ1v) is 9.46. The summed E-state index contributed by atoms with van der Waals surface area (Å²) in [7, 11) is 1.89. The molecule has 4 aromatic rings. The molecule has 0 N–H and O–H groups in total. The molecular weight excluding hydrogens is 370 g/mol. The molecule has 1 saturated heterocycles. The van der Waals surface area contributed by atoms with Gasteiger partial charge in [0, 0.05) is 37.7 Å². The third-order valence-corrected chi connectivity index (χ3v) is 5.39. The van der Waals surface area contributed by atoms with Gasteiger partial charge in [0.1, 0.15) is 17.4 Å². The fourth-order valence-corrected chi connectivity index (χ4v) is 3.77. The van der Waals surface area contributed by atoms with Crippen molar-refractivity contribution in [2.45, 2.75) is 25.8 Å². The number of nitrogens with zero attached hydrogens (tertiary/aromatic N) is 7. The van der Waals surface area contributed by atoms with E-state index in [2.05, 4.69) is 25.1 Å². The van der Waals surface area contributed by atoms with Gasteiger partial charge in [-0.3, -0.25) is 9.78 Å². The first-order valence-electron chi connectivity index (χ1n) is 9.46. The van der Waals surface area contributed by atoms with Crippen molar-refractivity contribution in [3.8, 4) is 11.4 Å². The van der Waals surface area contributed by atoms with Gasteiger partial charge in [0.05, 0.1) is 5.56 Å². The fourth-order valence-electron chi connectivity index (χ4n) is 3.77. The SMILES string of the molecule is Cc1nc2c(C(=O)N3CCC[C@H]3c3nc(-c4ccncc4)no3)ccnc2n1C. The summed E-state index contributed by atoms with van der Waals surface area (Å²) in [5.41, 5.74) is 2.68. The molecule has 1 fully saturated rings. The molecule has 1 aliphatic heterocycles. The second kappa shape index (κ2) is 6.77. The molecule has 146 valence electrons. The van der Waals surface area contributed by atoms with Crippen LogP contribution in [0.2, 0.25) is 0 Å². The molecule has 9 heteroatoms. The topological polar surface area (TPSA) is 103 Å². The minimum absolute atomic E-state index is 0.0957. The lowest BCUT2D eigenvalue weighted by Crippen LogP contribution is -2.31. The summed E-state index contributed by atoms with van der Waals surface area (Å²) >= 11 is 0. The summed E-state index contributed by atoms with van der Waals surface area (Å²) in [6.07, 6.45) is 6.66. The van der Waals surface area contributed by atoms with Gasteiger partial charge < -0.3 is 14.0 Å². The van der Waals surface area contributed by atoms with E-state index in [4.69, 9.17) is 4.52 Å². The van der Waals surface area contributed by atoms with Crippen molar-refractivity contribution in [1.82, 2.24) is 34.6 Å². The lowest BCUT2D eigenvalue weighted by molar-refractivity contribution is 0.0712. The zero-order chi connectivity index (χ0) is 20.0. The summed E-state index contributed by atoms with van der Waals surface area (Å²) in [6.45, 7) is 2.53. The van der Waals surface area contributed by atoms with E-state index in [1.54, 1.807) is 29.6 Å². The number of pyridine rings is 2. The summed E-state index contributed by atoms with van der Waals surface area (Å²) in [4.78, 5) is 32.6. The molecule has 1 atom stereocenters. The predicted octanol–water partition coefficient (Wildman–Crippen LogP) is 2.70. The number of rotatable bonds is 3. The molecule has 1 aliphatic rings.